The first-order valence-electron chi connectivity index (χ1n) is 11.1. The molecule has 1 unspecified atom stereocenters. The van der Waals surface area contributed by atoms with Crippen LogP contribution >= 0.6 is 0 Å². The summed E-state index contributed by atoms with van der Waals surface area (Å²) < 4.78 is 18.6. The predicted molar refractivity (Wildman–Crippen MR) is 127 cm³/mol. The summed E-state index contributed by atoms with van der Waals surface area (Å²) in [4.78, 5) is 29.9. The summed E-state index contributed by atoms with van der Waals surface area (Å²) in [6, 6.07) is 21.3. The van der Waals surface area contributed by atoms with E-state index in [1.807, 2.05) is 37.3 Å². The van der Waals surface area contributed by atoms with Crippen LogP contribution in [0.2, 0.25) is 0 Å². The first-order valence-corrected chi connectivity index (χ1v) is 11.1. The Balaban J connectivity index is 1.51. The van der Waals surface area contributed by atoms with E-state index in [9.17, 15) is 19.3 Å². The molecule has 4 aromatic rings. The third kappa shape index (κ3) is 5.94. The summed E-state index contributed by atoms with van der Waals surface area (Å²) in [5.41, 5.74) is 2.09. The van der Waals surface area contributed by atoms with Crippen LogP contribution in [0.4, 0.5) is 10.1 Å². The molecule has 8 nitrogen and oxygen atoms in total. The number of carbonyl (C=O) groups is 1. The maximum absolute atomic E-state index is 13.3. The second-order valence-electron chi connectivity index (χ2n) is 8.05. The van der Waals surface area contributed by atoms with Gasteiger partial charge in [0.05, 0.1) is 17.4 Å². The van der Waals surface area contributed by atoms with Crippen molar-refractivity contribution in [2.24, 2.45) is 0 Å². The quantitative estimate of drug-likeness (QED) is 0.245. The molecule has 1 heterocycles. The molecule has 0 aliphatic rings. The number of halogens is 1. The SMILES string of the molecule is CC(c1ccccc1)N(CCc1nc(-c2cccc([N+](=O)[O-])c2)no1)C(=O)Cc1ccc(F)cc1. The summed E-state index contributed by atoms with van der Waals surface area (Å²) in [6.07, 6.45) is 0.425. The number of aromatic nitrogens is 2. The molecule has 0 N–H and O–H groups in total. The van der Waals surface area contributed by atoms with Crippen LogP contribution in [0.15, 0.2) is 83.4 Å². The van der Waals surface area contributed by atoms with Crippen LogP contribution in [-0.2, 0) is 17.6 Å². The topological polar surface area (TPSA) is 102 Å². The van der Waals surface area contributed by atoms with Crippen molar-refractivity contribution in [2.75, 3.05) is 6.54 Å². The molecule has 1 atom stereocenters. The van der Waals surface area contributed by atoms with E-state index in [-0.39, 0.29) is 35.7 Å². The third-order valence-electron chi connectivity index (χ3n) is 5.69. The van der Waals surface area contributed by atoms with Crippen LogP contribution in [0.1, 0.15) is 30.0 Å². The van der Waals surface area contributed by atoms with Gasteiger partial charge in [-0.15, -0.1) is 0 Å². The average molecular weight is 474 g/mol. The van der Waals surface area contributed by atoms with Gasteiger partial charge in [-0.2, -0.15) is 4.98 Å². The van der Waals surface area contributed by atoms with Crippen molar-refractivity contribution >= 4 is 11.6 Å². The molecule has 0 aliphatic heterocycles. The zero-order chi connectivity index (χ0) is 24.8. The Morgan fingerprint density at radius 3 is 2.54 bits per heavy atom. The monoisotopic (exact) mass is 474 g/mol. The smallest absolute Gasteiger partial charge is 0.270 e. The van der Waals surface area contributed by atoms with Gasteiger partial charge in [-0.25, -0.2) is 4.39 Å². The predicted octanol–water partition coefficient (Wildman–Crippen LogP) is 5.16. The number of hydrogen-bond acceptors (Lipinski definition) is 6. The molecule has 0 radical (unpaired) electrons. The lowest BCUT2D eigenvalue weighted by molar-refractivity contribution is -0.384. The lowest BCUT2D eigenvalue weighted by atomic mass is 10.0. The highest BCUT2D eigenvalue weighted by molar-refractivity contribution is 5.79. The van der Waals surface area contributed by atoms with Crippen molar-refractivity contribution in [1.29, 1.82) is 0 Å². The zero-order valence-electron chi connectivity index (χ0n) is 19.0. The molecule has 9 heteroatoms. The van der Waals surface area contributed by atoms with Crippen molar-refractivity contribution in [2.45, 2.75) is 25.8 Å². The zero-order valence-corrected chi connectivity index (χ0v) is 19.0. The molecule has 0 saturated heterocycles. The van der Waals surface area contributed by atoms with E-state index in [1.54, 1.807) is 29.2 Å². The number of rotatable bonds is 9. The molecule has 0 aliphatic carbocycles. The molecule has 0 bridgehead atoms. The van der Waals surface area contributed by atoms with Gasteiger partial charge < -0.3 is 9.42 Å². The lowest BCUT2D eigenvalue weighted by Crippen LogP contribution is -2.36. The van der Waals surface area contributed by atoms with E-state index in [0.29, 0.717) is 30.0 Å². The highest BCUT2D eigenvalue weighted by Crippen LogP contribution is 2.24. The van der Waals surface area contributed by atoms with Crippen molar-refractivity contribution in [3.05, 3.63) is 112 Å². The molecule has 1 amide bonds. The molecule has 35 heavy (non-hydrogen) atoms. The Labute approximate surface area is 201 Å². The van der Waals surface area contributed by atoms with Gasteiger partial charge in [0.25, 0.3) is 5.69 Å². The molecule has 0 fully saturated rings. The standard InChI is InChI=1S/C26H23FN4O4/c1-18(20-6-3-2-4-7-20)30(25(32)16-19-10-12-22(27)13-11-19)15-14-24-28-26(29-35-24)21-8-5-9-23(17-21)31(33)34/h2-13,17-18H,14-16H2,1H3. The van der Waals surface area contributed by atoms with Crippen LogP contribution in [0.5, 0.6) is 0 Å². The van der Waals surface area contributed by atoms with Crippen LogP contribution in [0.25, 0.3) is 11.4 Å². The Morgan fingerprint density at radius 2 is 1.83 bits per heavy atom. The van der Waals surface area contributed by atoms with Crippen LogP contribution in [-0.4, -0.2) is 32.4 Å². The first kappa shape index (κ1) is 23.7. The van der Waals surface area contributed by atoms with Gasteiger partial charge in [-0.3, -0.25) is 14.9 Å². The van der Waals surface area contributed by atoms with Crippen LogP contribution in [0, 0.1) is 15.9 Å². The molecule has 0 saturated carbocycles. The molecular formula is C26H23FN4O4. The van der Waals surface area contributed by atoms with Gasteiger partial charge in [0.2, 0.25) is 17.6 Å². The van der Waals surface area contributed by atoms with E-state index in [0.717, 1.165) is 5.56 Å². The minimum Gasteiger partial charge on any atom is -0.339 e. The number of carbonyl (C=O) groups excluding carboxylic acids is 1. The maximum atomic E-state index is 13.3. The van der Waals surface area contributed by atoms with Crippen molar-refractivity contribution in [3.63, 3.8) is 0 Å². The van der Waals surface area contributed by atoms with E-state index in [4.69, 9.17) is 4.52 Å². The van der Waals surface area contributed by atoms with Crippen molar-refractivity contribution < 1.29 is 18.6 Å². The van der Waals surface area contributed by atoms with Crippen molar-refractivity contribution in [1.82, 2.24) is 15.0 Å². The van der Waals surface area contributed by atoms with Gasteiger partial charge in [0.15, 0.2) is 0 Å². The van der Waals surface area contributed by atoms with Gasteiger partial charge in [0, 0.05) is 30.7 Å². The summed E-state index contributed by atoms with van der Waals surface area (Å²) in [5.74, 6) is 0.0772. The number of nitro benzene ring substituents is 1. The Bertz CT molecular complexity index is 1310. The Hall–Kier alpha value is -4.40. The summed E-state index contributed by atoms with van der Waals surface area (Å²) in [6.45, 7) is 2.26. The van der Waals surface area contributed by atoms with Crippen LogP contribution in [0.3, 0.4) is 0 Å². The molecule has 4 rings (SSSR count). The normalized spacial score (nSPS) is 11.7. The molecule has 178 valence electrons. The molecular weight excluding hydrogens is 451 g/mol. The minimum atomic E-state index is -0.486. The summed E-state index contributed by atoms with van der Waals surface area (Å²) >= 11 is 0. The number of nitrogens with zero attached hydrogens (tertiary/aromatic N) is 4. The lowest BCUT2D eigenvalue weighted by Gasteiger charge is -2.29. The molecule has 1 aromatic heterocycles. The number of non-ortho nitro benzene ring substituents is 1. The fourth-order valence-electron chi connectivity index (χ4n) is 3.77. The first-order chi connectivity index (χ1) is 16.9. The highest BCUT2D eigenvalue weighted by atomic mass is 19.1. The molecule has 3 aromatic carbocycles. The Kier molecular flexibility index (Phi) is 7.25. The fourth-order valence-corrected chi connectivity index (χ4v) is 3.77. The van der Waals surface area contributed by atoms with Gasteiger partial charge in [0.1, 0.15) is 5.82 Å². The Morgan fingerprint density at radius 1 is 1.09 bits per heavy atom. The van der Waals surface area contributed by atoms with Gasteiger partial charge >= 0.3 is 0 Å². The number of nitro groups is 1. The average Bonchev–Trinajstić information content (AvgIpc) is 3.35. The van der Waals surface area contributed by atoms with Crippen molar-refractivity contribution in [3.8, 4) is 11.4 Å². The highest BCUT2D eigenvalue weighted by Gasteiger charge is 2.23. The minimum absolute atomic E-state index is 0.0666. The maximum Gasteiger partial charge on any atom is 0.270 e. The van der Waals surface area contributed by atoms with E-state index in [1.165, 1.54) is 24.3 Å². The number of hydrogen-bond donors (Lipinski definition) is 0. The third-order valence-corrected chi connectivity index (χ3v) is 5.69. The fraction of sp³-hybridized carbons (Fsp3) is 0.192. The van der Waals surface area contributed by atoms with Gasteiger partial charge in [-0.05, 0) is 30.2 Å². The van der Waals surface area contributed by atoms with Gasteiger partial charge in [-0.1, -0.05) is 59.8 Å². The van der Waals surface area contributed by atoms with Crippen LogP contribution < -0.4 is 0 Å². The molecule has 0 spiro atoms. The summed E-state index contributed by atoms with van der Waals surface area (Å²) in [7, 11) is 0. The largest absolute Gasteiger partial charge is 0.339 e. The second kappa shape index (κ2) is 10.7. The van der Waals surface area contributed by atoms with E-state index >= 15 is 0 Å². The van der Waals surface area contributed by atoms with E-state index in [2.05, 4.69) is 10.1 Å². The number of benzene rings is 3. The summed E-state index contributed by atoms with van der Waals surface area (Å²) in [5, 5.41) is 15.0. The number of amides is 1. The second-order valence-corrected chi connectivity index (χ2v) is 8.05. The van der Waals surface area contributed by atoms with E-state index < -0.39 is 4.92 Å².